The van der Waals surface area contributed by atoms with Gasteiger partial charge in [0.05, 0.1) is 24.1 Å². The van der Waals surface area contributed by atoms with E-state index in [1.807, 2.05) is 60.7 Å². The lowest BCUT2D eigenvalue weighted by molar-refractivity contribution is -0.137. The van der Waals surface area contributed by atoms with E-state index in [9.17, 15) is 19.2 Å². The molecule has 3 amide bonds. The Labute approximate surface area is 178 Å². The number of rotatable bonds is 11. The summed E-state index contributed by atoms with van der Waals surface area (Å²) in [6.07, 6.45) is 0. The second-order valence-electron chi connectivity index (χ2n) is 6.24. The number of carboxylic acid groups (broad SMARTS) is 1. The average molecular weight is 429 g/mol. The normalized spacial score (nSPS) is 10.3. The van der Waals surface area contributed by atoms with Gasteiger partial charge in [-0.25, -0.2) is 0 Å². The van der Waals surface area contributed by atoms with E-state index in [-0.39, 0.29) is 30.0 Å². The van der Waals surface area contributed by atoms with Gasteiger partial charge in [0, 0.05) is 0 Å². The molecule has 158 valence electrons. The number of carbonyl (C=O) groups is 4. The number of carbonyl (C=O) groups excluding carboxylic acids is 3. The molecular weight excluding hydrogens is 406 g/mol. The lowest BCUT2D eigenvalue weighted by atomic mass is 10.0. The van der Waals surface area contributed by atoms with Crippen molar-refractivity contribution >= 4 is 35.5 Å². The van der Waals surface area contributed by atoms with Gasteiger partial charge in [-0.05, 0) is 11.1 Å². The van der Waals surface area contributed by atoms with Crippen LogP contribution in [0.3, 0.4) is 0 Å². The lowest BCUT2D eigenvalue weighted by Crippen LogP contribution is -2.43. The summed E-state index contributed by atoms with van der Waals surface area (Å²) in [7, 11) is 0. The topological polar surface area (TPSA) is 125 Å². The van der Waals surface area contributed by atoms with Crippen molar-refractivity contribution in [2.24, 2.45) is 0 Å². The predicted molar refractivity (Wildman–Crippen MR) is 114 cm³/mol. The monoisotopic (exact) mass is 429 g/mol. The minimum Gasteiger partial charge on any atom is -0.480 e. The molecule has 0 saturated carbocycles. The number of benzene rings is 2. The van der Waals surface area contributed by atoms with Crippen LogP contribution in [0.15, 0.2) is 60.7 Å². The fraction of sp³-hybridized carbons (Fsp3) is 0.238. The van der Waals surface area contributed by atoms with E-state index in [0.29, 0.717) is 0 Å². The Balaban J connectivity index is 1.78. The molecule has 2 aromatic rings. The predicted octanol–water partition coefficient (Wildman–Crippen LogP) is 0.942. The van der Waals surface area contributed by atoms with Crippen molar-refractivity contribution in [1.82, 2.24) is 16.0 Å². The Hall–Kier alpha value is -3.33. The Kier molecular flexibility index (Phi) is 9.39. The molecule has 9 heteroatoms. The summed E-state index contributed by atoms with van der Waals surface area (Å²) in [5.74, 6) is -2.49. The van der Waals surface area contributed by atoms with E-state index in [1.165, 1.54) is 11.8 Å². The SMILES string of the molecule is O=C(O)CNC(=O)CNC(=O)CNC(=O)CSC(c1ccccc1)c1ccccc1. The molecule has 8 nitrogen and oxygen atoms in total. The molecule has 2 aromatic carbocycles. The first-order valence-electron chi connectivity index (χ1n) is 9.19. The zero-order valence-corrected chi connectivity index (χ0v) is 17.0. The first kappa shape index (κ1) is 23.0. The zero-order chi connectivity index (χ0) is 21.8. The van der Waals surface area contributed by atoms with Gasteiger partial charge in [0.25, 0.3) is 0 Å². The van der Waals surface area contributed by atoms with Gasteiger partial charge in [0.2, 0.25) is 17.7 Å². The van der Waals surface area contributed by atoms with Gasteiger partial charge >= 0.3 is 5.97 Å². The molecule has 0 saturated heterocycles. The van der Waals surface area contributed by atoms with Crippen LogP contribution in [0.2, 0.25) is 0 Å². The molecule has 0 fully saturated rings. The lowest BCUT2D eigenvalue weighted by Gasteiger charge is -2.17. The second-order valence-corrected chi connectivity index (χ2v) is 7.33. The summed E-state index contributed by atoms with van der Waals surface area (Å²) >= 11 is 1.45. The molecule has 0 aliphatic heterocycles. The van der Waals surface area contributed by atoms with Crippen LogP contribution in [0, 0.1) is 0 Å². The number of nitrogens with one attached hydrogen (secondary N) is 3. The smallest absolute Gasteiger partial charge is 0.322 e. The summed E-state index contributed by atoms with van der Waals surface area (Å²) in [5.41, 5.74) is 2.15. The molecule has 4 N–H and O–H groups in total. The average Bonchev–Trinajstić information content (AvgIpc) is 2.76. The number of carboxylic acids is 1. The van der Waals surface area contributed by atoms with Crippen LogP contribution in [-0.2, 0) is 19.2 Å². The molecule has 0 bridgehead atoms. The highest BCUT2D eigenvalue weighted by Gasteiger charge is 2.16. The number of hydrogen-bond acceptors (Lipinski definition) is 5. The van der Waals surface area contributed by atoms with Crippen molar-refractivity contribution in [2.75, 3.05) is 25.4 Å². The van der Waals surface area contributed by atoms with Gasteiger partial charge in [-0.1, -0.05) is 60.7 Å². The van der Waals surface area contributed by atoms with Crippen LogP contribution in [-0.4, -0.2) is 54.2 Å². The molecule has 0 unspecified atom stereocenters. The number of amides is 3. The van der Waals surface area contributed by atoms with Gasteiger partial charge < -0.3 is 21.1 Å². The van der Waals surface area contributed by atoms with Crippen molar-refractivity contribution in [3.8, 4) is 0 Å². The van der Waals surface area contributed by atoms with Crippen molar-refractivity contribution in [3.63, 3.8) is 0 Å². The molecule has 0 aliphatic carbocycles. The summed E-state index contributed by atoms with van der Waals surface area (Å²) in [6, 6.07) is 19.7. The first-order valence-corrected chi connectivity index (χ1v) is 10.2. The zero-order valence-electron chi connectivity index (χ0n) is 16.2. The van der Waals surface area contributed by atoms with Crippen molar-refractivity contribution < 1.29 is 24.3 Å². The van der Waals surface area contributed by atoms with Crippen molar-refractivity contribution in [1.29, 1.82) is 0 Å². The Bertz CT molecular complexity index is 822. The number of thioether (sulfide) groups is 1. The molecule has 0 atom stereocenters. The summed E-state index contributed by atoms with van der Waals surface area (Å²) < 4.78 is 0. The molecule has 30 heavy (non-hydrogen) atoms. The van der Waals surface area contributed by atoms with Gasteiger partial charge in [-0.2, -0.15) is 0 Å². The molecule has 0 radical (unpaired) electrons. The van der Waals surface area contributed by atoms with Crippen LogP contribution in [0.25, 0.3) is 0 Å². The van der Waals surface area contributed by atoms with Crippen LogP contribution in [0.1, 0.15) is 16.4 Å². The quantitative estimate of drug-likeness (QED) is 0.421. The fourth-order valence-corrected chi connectivity index (χ4v) is 3.63. The van der Waals surface area contributed by atoms with E-state index < -0.39 is 24.3 Å². The maximum Gasteiger partial charge on any atom is 0.322 e. The Morgan fingerprint density at radius 1 is 0.700 bits per heavy atom. The maximum atomic E-state index is 12.2. The first-order chi connectivity index (χ1) is 14.5. The van der Waals surface area contributed by atoms with Gasteiger partial charge in [-0.3, -0.25) is 19.2 Å². The molecule has 0 aromatic heterocycles. The maximum absolute atomic E-state index is 12.2. The van der Waals surface area contributed by atoms with E-state index in [2.05, 4.69) is 16.0 Å². The number of aliphatic carboxylic acids is 1. The van der Waals surface area contributed by atoms with Gasteiger partial charge in [0.1, 0.15) is 6.54 Å². The second kappa shape index (κ2) is 12.3. The Morgan fingerprint density at radius 2 is 1.13 bits per heavy atom. The molecule has 0 spiro atoms. The van der Waals surface area contributed by atoms with E-state index >= 15 is 0 Å². The molecule has 2 rings (SSSR count). The third-order valence-corrected chi connectivity index (χ3v) is 5.22. The third-order valence-electron chi connectivity index (χ3n) is 3.91. The van der Waals surface area contributed by atoms with Crippen LogP contribution in [0.5, 0.6) is 0 Å². The van der Waals surface area contributed by atoms with Gasteiger partial charge in [0.15, 0.2) is 0 Å². The summed E-state index contributed by atoms with van der Waals surface area (Å²) in [5, 5.41) is 15.4. The Morgan fingerprint density at radius 3 is 1.60 bits per heavy atom. The van der Waals surface area contributed by atoms with Crippen LogP contribution in [0.4, 0.5) is 0 Å². The standard InChI is InChI=1S/C21H23N3O5S/c25-17(22-11-18(26)24-13-20(28)29)12-23-19(27)14-30-21(15-7-3-1-4-8-15)16-9-5-2-6-10-16/h1-10,21H,11-14H2,(H,22,25)(H,23,27)(H,24,26)(H,28,29). The van der Waals surface area contributed by atoms with Crippen molar-refractivity contribution in [3.05, 3.63) is 71.8 Å². The van der Waals surface area contributed by atoms with E-state index in [0.717, 1.165) is 11.1 Å². The minimum atomic E-state index is -1.18. The highest BCUT2D eigenvalue weighted by molar-refractivity contribution is 8.00. The number of hydrogen-bond donors (Lipinski definition) is 4. The van der Waals surface area contributed by atoms with E-state index in [4.69, 9.17) is 5.11 Å². The third kappa shape index (κ3) is 8.36. The summed E-state index contributed by atoms with van der Waals surface area (Å²) in [4.78, 5) is 45.6. The summed E-state index contributed by atoms with van der Waals surface area (Å²) in [6.45, 7) is -1.15. The van der Waals surface area contributed by atoms with Crippen LogP contribution >= 0.6 is 11.8 Å². The van der Waals surface area contributed by atoms with Gasteiger partial charge in [-0.15, -0.1) is 11.8 Å². The molecular formula is C21H23N3O5S. The highest BCUT2D eigenvalue weighted by atomic mass is 32.2. The largest absolute Gasteiger partial charge is 0.480 e. The fourth-order valence-electron chi connectivity index (χ4n) is 2.51. The molecule has 0 heterocycles. The van der Waals surface area contributed by atoms with Crippen LogP contribution < -0.4 is 16.0 Å². The minimum absolute atomic E-state index is 0.0232. The van der Waals surface area contributed by atoms with Crippen molar-refractivity contribution in [2.45, 2.75) is 5.25 Å². The highest BCUT2D eigenvalue weighted by Crippen LogP contribution is 2.35. The van der Waals surface area contributed by atoms with E-state index in [1.54, 1.807) is 0 Å². The molecule has 0 aliphatic rings.